The molecule has 0 radical (unpaired) electrons. The van der Waals surface area contributed by atoms with Gasteiger partial charge in [-0.3, -0.25) is 19.7 Å². The van der Waals surface area contributed by atoms with E-state index in [0.29, 0.717) is 57.4 Å². The topological polar surface area (TPSA) is 168 Å². The summed E-state index contributed by atoms with van der Waals surface area (Å²) in [5.74, 6) is -4.70. The van der Waals surface area contributed by atoms with Crippen LogP contribution in [-0.4, -0.2) is 80.0 Å². The molecular formula is C34H44F3N5O7S. The van der Waals surface area contributed by atoms with E-state index in [1.165, 1.54) is 18.0 Å². The first kappa shape index (κ1) is 36.0. The first-order valence-electron chi connectivity index (χ1n) is 17.3. The number of halogens is 3. The predicted molar refractivity (Wildman–Crippen MR) is 177 cm³/mol. The van der Waals surface area contributed by atoms with Crippen molar-refractivity contribution in [1.82, 2.24) is 10.2 Å². The molecule has 2 aliphatic heterocycles. The Bertz CT molecular complexity index is 1680. The van der Waals surface area contributed by atoms with E-state index in [0.717, 1.165) is 31.4 Å². The van der Waals surface area contributed by atoms with Gasteiger partial charge in [0.2, 0.25) is 17.7 Å². The molecule has 5 atom stereocenters. The number of amides is 4. The van der Waals surface area contributed by atoms with Gasteiger partial charge in [-0.2, -0.15) is 13.2 Å². The minimum Gasteiger partial charge on any atom is -0.446 e. The fourth-order valence-corrected chi connectivity index (χ4v) is 10.4. The van der Waals surface area contributed by atoms with E-state index in [9.17, 15) is 40.8 Å². The molecule has 4 amide bonds. The van der Waals surface area contributed by atoms with Crippen molar-refractivity contribution in [2.75, 3.05) is 36.9 Å². The van der Waals surface area contributed by atoms with Crippen LogP contribution in [0.4, 0.5) is 29.3 Å². The molecule has 4 N–H and O–H groups in total. The van der Waals surface area contributed by atoms with E-state index < -0.39 is 85.3 Å². The molecule has 6 rings (SSSR count). The molecule has 5 aliphatic rings. The van der Waals surface area contributed by atoms with Gasteiger partial charge in [-0.15, -0.1) is 0 Å². The van der Waals surface area contributed by atoms with Crippen molar-refractivity contribution in [3.63, 3.8) is 0 Å². The second-order valence-corrected chi connectivity index (χ2v) is 16.8. The Labute approximate surface area is 289 Å². The highest BCUT2D eigenvalue weighted by Crippen LogP contribution is 2.55. The van der Waals surface area contributed by atoms with Gasteiger partial charge in [0.1, 0.15) is 16.4 Å². The molecule has 3 saturated carbocycles. The lowest BCUT2D eigenvalue weighted by atomic mass is 9.75. The number of fused-ring (bicyclic) bond motifs is 2. The van der Waals surface area contributed by atoms with Crippen molar-refractivity contribution < 1.29 is 45.5 Å². The molecule has 0 aromatic heterocycles. The lowest BCUT2D eigenvalue weighted by molar-refractivity contribution is -0.153. The summed E-state index contributed by atoms with van der Waals surface area (Å²) in [6.07, 6.45) is 1.41. The second-order valence-electron chi connectivity index (χ2n) is 14.3. The summed E-state index contributed by atoms with van der Waals surface area (Å²) < 4.78 is 74.1. The standard InChI is InChI=1S/C34H44F3N5O7S/c1-41-14-6-3-2-5-9-22-19-33(22,50(47,48)24-11-12-24)40-30(45)32(29(38)44)20-23(18-25(32)28(41)43)49-31(46)39-26-17-21(34(35,36)37)10-13-27(26)42-15-7-4-8-16-42/h5,9-10,13,17,22-25H,2-4,6-8,11-12,14-16,18-20H2,1H3,(H2,38,44)(H,39,46)(H,40,45). The van der Waals surface area contributed by atoms with Crippen molar-refractivity contribution in [1.29, 1.82) is 0 Å². The number of primary amides is 1. The van der Waals surface area contributed by atoms with Crippen molar-refractivity contribution in [2.24, 2.45) is 23.0 Å². The Balaban J connectivity index is 1.30. The zero-order chi connectivity index (χ0) is 36.1. The summed E-state index contributed by atoms with van der Waals surface area (Å²) >= 11 is 0. The smallest absolute Gasteiger partial charge is 0.416 e. The van der Waals surface area contributed by atoms with Crippen LogP contribution in [0.3, 0.4) is 0 Å². The molecule has 4 fully saturated rings. The Morgan fingerprint density at radius 3 is 2.40 bits per heavy atom. The van der Waals surface area contributed by atoms with Gasteiger partial charge in [0.05, 0.1) is 28.1 Å². The number of alkyl halides is 3. The summed E-state index contributed by atoms with van der Waals surface area (Å²) in [5, 5.41) is 4.48. The van der Waals surface area contributed by atoms with Gasteiger partial charge < -0.3 is 25.6 Å². The molecule has 1 aromatic carbocycles. The first-order chi connectivity index (χ1) is 23.6. The van der Waals surface area contributed by atoms with E-state index >= 15 is 0 Å². The molecule has 16 heteroatoms. The van der Waals surface area contributed by atoms with E-state index in [1.54, 1.807) is 6.08 Å². The van der Waals surface area contributed by atoms with Crippen LogP contribution in [0.2, 0.25) is 0 Å². The third kappa shape index (κ3) is 6.66. The molecule has 12 nitrogen and oxygen atoms in total. The summed E-state index contributed by atoms with van der Waals surface area (Å²) in [5.41, 5.74) is 2.96. The molecular weight excluding hydrogens is 679 g/mol. The monoisotopic (exact) mass is 723 g/mol. The number of sulfone groups is 1. The second kappa shape index (κ2) is 13.4. The minimum absolute atomic E-state index is 0.111. The average Bonchev–Trinajstić information content (AvgIpc) is 3.99. The van der Waals surface area contributed by atoms with E-state index in [2.05, 4.69) is 10.6 Å². The Kier molecular flexibility index (Phi) is 9.63. The molecule has 50 heavy (non-hydrogen) atoms. The van der Waals surface area contributed by atoms with Crippen molar-refractivity contribution >= 4 is 45.0 Å². The van der Waals surface area contributed by atoms with Crippen molar-refractivity contribution in [2.45, 2.75) is 93.0 Å². The van der Waals surface area contributed by atoms with Gasteiger partial charge in [0.15, 0.2) is 9.84 Å². The Morgan fingerprint density at radius 2 is 1.74 bits per heavy atom. The van der Waals surface area contributed by atoms with Crippen LogP contribution in [0.5, 0.6) is 0 Å². The third-order valence-corrected chi connectivity index (χ3v) is 13.9. The SMILES string of the molecule is CN1CCCCC=CC2CC2(S(=O)(=O)C2CC2)NC(=O)C2(C(N)=O)CC(OC(=O)Nc3cc(C(F)(F)F)ccc3N3CCCCC3)CC2C1=O. The lowest BCUT2D eigenvalue weighted by Gasteiger charge is -2.34. The quantitative estimate of drug-likeness (QED) is 0.291. The zero-order valence-electron chi connectivity index (χ0n) is 28.0. The number of nitrogens with zero attached hydrogens (tertiary/aromatic N) is 2. The number of carbonyl (C=O) groups excluding carboxylic acids is 4. The normalized spacial score (nSPS) is 30.8. The zero-order valence-corrected chi connectivity index (χ0v) is 28.8. The number of rotatable bonds is 6. The number of nitrogens with two attached hydrogens (primary N) is 1. The van der Waals surface area contributed by atoms with Crippen LogP contribution in [0.25, 0.3) is 0 Å². The van der Waals surface area contributed by atoms with Gasteiger partial charge in [-0.25, -0.2) is 13.2 Å². The van der Waals surface area contributed by atoms with Gasteiger partial charge in [-0.05, 0) is 82.4 Å². The maximum absolute atomic E-state index is 14.3. The maximum Gasteiger partial charge on any atom is 0.416 e. The largest absolute Gasteiger partial charge is 0.446 e. The van der Waals surface area contributed by atoms with E-state index in [1.807, 2.05) is 11.0 Å². The molecule has 274 valence electrons. The van der Waals surface area contributed by atoms with Crippen LogP contribution >= 0.6 is 0 Å². The number of anilines is 2. The molecule has 1 saturated heterocycles. The number of ether oxygens (including phenoxy) is 1. The fraction of sp³-hybridized carbons (Fsp3) is 0.647. The van der Waals surface area contributed by atoms with Crippen LogP contribution < -0.4 is 21.3 Å². The number of allylic oxidation sites excluding steroid dienone is 1. The molecule has 5 unspecified atom stereocenters. The maximum atomic E-state index is 14.3. The van der Waals surface area contributed by atoms with Crippen LogP contribution in [0, 0.1) is 17.3 Å². The molecule has 2 heterocycles. The fourth-order valence-electron chi connectivity index (χ4n) is 7.86. The number of hydrogen-bond donors (Lipinski definition) is 3. The lowest BCUT2D eigenvalue weighted by Crippen LogP contribution is -2.59. The molecule has 0 spiro atoms. The summed E-state index contributed by atoms with van der Waals surface area (Å²) in [7, 11) is -2.33. The van der Waals surface area contributed by atoms with Crippen LogP contribution in [0.15, 0.2) is 30.4 Å². The van der Waals surface area contributed by atoms with Crippen molar-refractivity contribution in [3.05, 3.63) is 35.9 Å². The number of piperidine rings is 1. The third-order valence-electron chi connectivity index (χ3n) is 10.9. The molecule has 0 bridgehead atoms. The highest BCUT2D eigenvalue weighted by atomic mass is 32.2. The van der Waals surface area contributed by atoms with Crippen LogP contribution in [-0.2, 0) is 35.1 Å². The Morgan fingerprint density at radius 1 is 1.04 bits per heavy atom. The van der Waals surface area contributed by atoms with Gasteiger partial charge in [0, 0.05) is 39.0 Å². The van der Waals surface area contributed by atoms with E-state index in [4.69, 9.17) is 10.5 Å². The summed E-state index contributed by atoms with van der Waals surface area (Å²) in [4.78, 5) is 56.7. The van der Waals surface area contributed by atoms with Gasteiger partial charge in [-0.1, -0.05) is 12.2 Å². The van der Waals surface area contributed by atoms with Crippen LogP contribution in [0.1, 0.15) is 76.2 Å². The Hall–Kier alpha value is -3.82. The van der Waals surface area contributed by atoms with Gasteiger partial charge in [0.25, 0.3) is 0 Å². The molecule has 1 aromatic rings. The first-order valence-corrected chi connectivity index (χ1v) is 18.9. The van der Waals surface area contributed by atoms with Crippen molar-refractivity contribution in [3.8, 4) is 0 Å². The number of carbonyl (C=O) groups is 4. The molecule has 3 aliphatic carbocycles. The number of hydrogen-bond acceptors (Lipinski definition) is 8. The van der Waals surface area contributed by atoms with E-state index in [-0.39, 0.29) is 18.5 Å². The summed E-state index contributed by atoms with van der Waals surface area (Å²) in [6.45, 7) is 1.48. The minimum atomic E-state index is -4.68. The summed E-state index contributed by atoms with van der Waals surface area (Å²) in [6, 6.07) is 3.08. The average molecular weight is 724 g/mol. The predicted octanol–water partition coefficient (Wildman–Crippen LogP) is 4.10. The highest BCUT2D eigenvalue weighted by Gasteiger charge is 2.70. The number of nitrogens with one attached hydrogen (secondary N) is 2. The highest BCUT2D eigenvalue weighted by molar-refractivity contribution is 7.94. The number of benzene rings is 1. The van der Waals surface area contributed by atoms with Gasteiger partial charge >= 0.3 is 12.3 Å².